The van der Waals surface area contributed by atoms with Crippen molar-refractivity contribution in [1.82, 2.24) is 0 Å². The largest absolute Gasteiger partial charge is 0.375 e. The lowest BCUT2D eigenvalue weighted by Crippen LogP contribution is -2.23. The lowest BCUT2D eigenvalue weighted by molar-refractivity contribution is 0.0924. The van der Waals surface area contributed by atoms with Gasteiger partial charge in [-0.1, -0.05) is 22.0 Å². The van der Waals surface area contributed by atoms with Gasteiger partial charge in [-0.25, -0.2) is 0 Å². The third kappa shape index (κ3) is 1.40. The standard InChI is InChI=1S/C9H10BrNO/c10-7-2-1-6-4-12-5-9(11)8(6)3-7/h1-3,9H,4-5,11H2/t9-/m1/s1. The minimum atomic E-state index is 0.0336. The highest BCUT2D eigenvalue weighted by atomic mass is 79.9. The van der Waals surface area contributed by atoms with Crippen LogP contribution in [0.25, 0.3) is 0 Å². The Hall–Kier alpha value is -0.380. The van der Waals surface area contributed by atoms with Crippen molar-refractivity contribution in [2.45, 2.75) is 12.6 Å². The number of benzene rings is 1. The SMILES string of the molecule is N[C@@H]1COCc2ccc(Br)cc21. The van der Waals surface area contributed by atoms with Gasteiger partial charge in [-0.15, -0.1) is 0 Å². The first kappa shape index (κ1) is 8.23. The zero-order valence-electron chi connectivity index (χ0n) is 6.59. The average molecular weight is 228 g/mol. The Labute approximate surface area is 79.8 Å². The lowest BCUT2D eigenvalue weighted by atomic mass is 10.0. The molecule has 0 bridgehead atoms. The molecule has 0 spiro atoms. The molecule has 0 fully saturated rings. The predicted molar refractivity (Wildman–Crippen MR) is 50.7 cm³/mol. The smallest absolute Gasteiger partial charge is 0.0721 e. The second-order valence-corrected chi connectivity index (χ2v) is 3.88. The molecule has 2 nitrogen and oxygen atoms in total. The summed E-state index contributed by atoms with van der Waals surface area (Å²) in [7, 11) is 0. The summed E-state index contributed by atoms with van der Waals surface area (Å²) in [5.41, 5.74) is 8.28. The molecule has 2 rings (SSSR count). The molecular weight excluding hydrogens is 218 g/mol. The van der Waals surface area contributed by atoms with Crippen molar-refractivity contribution >= 4 is 15.9 Å². The predicted octanol–water partition coefficient (Wildman–Crippen LogP) is 1.98. The minimum Gasteiger partial charge on any atom is -0.375 e. The van der Waals surface area contributed by atoms with Crippen molar-refractivity contribution in [2.24, 2.45) is 5.73 Å². The molecule has 0 saturated heterocycles. The molecule has 0 aromatic heterocycles. The van der Waals surface area contributed by atoms with Crippen LogP contribution in [0.5, 0.6) is 0 Å². The minimum absolute atomic E-state index is 0.0336. The fraction of sp³-hybridized carbons (Fsp3) is 0.333. The molecule has 2 N–H and O–H groups in total. The number of hydrogen-bond acceptors (Lipinski definition) is 2. The first-order valence-electron chi connectivity index (χ1n) is 3.89. The molecule has 0 radical (unpaired) electrons. The summed E-state index contributed by atoms with van der Waals surface area (Å²) >= 11 is 3.42. The molecule has 3 heteroatoms. The Bertz CT molecular complexity index is 301. The molecule has 1 aromatic carbocycles. The quantitative estimate of drug-likeness (QED) is 0.736. The van der Waals surface area contributed by atoms with Gasteiger partial charge in [-0.05, 0) is 23.3 Å². The fourth-order valence-corrected chi connectivity index (χ4v) is 1.81. The summed E-state index contributed by atoms with van der Waals surface area (Å²) in [5.74, 6) is 0. The third-order valence-corrected chi connectivity index (χ3v) is 2.56. The van der Waals surface area contributed by atoms with Gasteiger partial charge in [-0.3, -0.25) is 0 Å². The molecule has 0 unspecified atom stereocenters. The molecule has 1 atom stereocenters. The highest BCUT2D eigenvalue weighted by Gasteiger charge is 2.16. The maximum Gasteiger partial charge on any atom is 0.0721 e. The first-order chi connectivity index (χ1) is 5.77. The van der Waals surface area contributed by atoms with Crippen molar-refractivity contribution in [1.29, 1.82) is 0 Å². The van der Waals surface area contributed by atoms with E-state index in [4.69, 9.17) is 10.5 Å². The van der Waals surface area contributed by atoms with Crippen LogP contribution in [0.3, 0.4) is 0 Å². The Morgan fingerprint density at radius 1 is 1.50 bits per heavy atom. The number of fused-ring (bicyclic) bond motifs is 1. The normalized spacial score (nSPS) is 22.0. The number of nitrogens with two attached hydrogens (primary N) is 1. The summed E-state index contributed by atoms with van der Waals surface area (Å²) in [4.78, 5) is 0. The monoisotopic (exact) mass is 227 g/mol. The maximum atomic E-state index is 5.87. The van der Waals surface area contributed by atoms with Crippen LogP contribution in [-0.2, 0) is 11.3 Å². The molecule has 64 valence electrons. The molecular formula is C9H10BrNO. The van der Waals surface area contributed by atoms with Gasteiger partial charge in [-0.2, -0.15) is 0 Å². The van der Waals surface area contributed by atoms with Gasteiger partial charge < -0.3 is 10.5 Å². The van der Waals surface area contributed by atoms with Gasteiger partial charge in [0.25, 0.3) is 0 Å². The number of halogens is 1. The average Bonchev–Trinajstić information content (AvgIpc) is 2.07. The Balaban J connectivity index is 2.47. The van der Waals surface area contributed by atoms with Crippen LogP contribution in [-0.4, -0.2) is 6.61 Å². The van der Waals surface area contributed by atoms with Gasteiger partial charge in [0.2, 0.25) is 0 Å². The summed E-state index contributed by atoms with van der Waals surface area (Å²) < 4.78 is 6.39. The Morgan fingerprint density at radius 3 is 3.17 bits per heavy atom. The van der Waals surface area contributed by atoms with Crippen molar-refractivity contribution < 1.29 is 4.74 Å². The van der Waals surface area contributed by atoms with Crippen molar-refractivity contribution in [2.75, 3.05) is 6.61 Å². The van der Waals surface area contributed by atoms with E-state index in [9.17, 15) is 0 Å². The van der Waals surface area contributed by atoms with E-state index >= 15 is 0 Å². The zero-order valence-corrected chi connectivity index (χ0v) is 8.17. The van der Waals surface area contributed by atoms with E-state index in [0.29, 0.717) is 13.2 Å². The highest BCUT2D eigenvalue weighted by Crippen LogP contribution is 2.25. The van der Waals surface area contributed by atoms with Crippen molar-refractivity contribution in [3.8, 4) is 0 Å². The fourth-order valence-electron chi connectivity index (χ4n) is 1.43. The summed E-state index contributed by atoms with van der Waals surface area (Å²) in [6, 6.07) is 6.17. The van der Waals surface area contributed by atoms with Gasteiger partial charge in [0.1, 0.15) is 0 Å². The van der Waals surface area contributed by atoms with Crippen LogP contribution >= 0.6 is 15.9 Å². The first-order valence-corrected chi connectivity index (χ1v) is 4.68. The summed E-state index contributed by atoms with van der Waals surface area (Å²) in [6.07, 6.45) is 0. The number of rotatable bonds is 0. The number of hydrogen-bond donors (Lipinski definition) is 1. The Kier molecular flexibility index (Phi) is 2.17. The van der Waals surface area contributed by atoms with Gasteiger partial charge in [0.15, 0.2) is 0 Å². The topological polar surface area (TPSA) is 35.2 Å². The molecule has 0 amide bonds. The lowest BCUT2D eigenvalue weighted by Gasteiger charge is -2.22. The van der Waals surface area contributed by atoms with E-state index in [1.54, 1.807) is 0 Å². The number of ether oxygens (including phenoxy) is 1. The van der Waals surface area contributed by atoms with Crippen LogP contribution in [0.4, 0.5) is 0 Å². The van der Waals surface area contributed by atoms with Crippen LogP contribution in [0.2, 0.25) is 0 Å². The van der Waals surface area contributed by atoms with Crippen molar-refractivity contribution in [3.05, 3.63) is 33.8 Å². The van der Waals surface area contributed by atoms with E-state index in [-0.39, 0.29) is 6.04 Å². The van der Waals surface area contributed by atoms with E-state index in [0.717, 1.165) is 4.47 Å². The van der Waals surface area contributed by atoms with Crippen LogP contribution < -0.4 is 5.73 Å². The molecule has 1 aliphatic heterocycles. The van der Waals surface area contributed by atoms with E-state index in [1.807, 2.05) is 6.07 Å². The molecule has 1 aromatic rings. The molecule has 1 heterocycles. The Morgan fingerprint density at radius 2 is 2.33 bits per heavy atom. The molecule has 0 aliphatic carbocycles. The van der Waals surface area contributed by atoms with Gasteiger partial charge in [0.05, 0.1) is 19.3 Å². The third-order valence-electron chi connectivity index (χ3n) is 2.06. The molecule has 0 saturated carbocycles. The van der Waals surface area contributed by atoms with Crippen LogP contribution in [0.1, 0.15) is 17.2 Å². The van der Waals surface area contributed by atoms with E-state index < -0.39 is 0 Å². The summed E-state index contributed by atoms with van der Waals surface area (Å²) in [6.45, 7) is 1.32. The second kappa shape index (κ2) is 3.17. The second-order valence-electron chi connectivity index (χ2n) is 2.96. The van der Waals surface area contributed by atoms with E-state index in [1.165, 1.54) is 11.1 Å². The van der Waals surface area contributed by atoms with E-state index in [2.05, 4.69) is 28.1 Å². The molecule has 12 heavy (non-hydrogen) atoms. The maximum absolute atomic E-state index is 5.87. The zero-order chi connectivity index (χ0) is 8.55. The molecule has 1 aliphatic rings. The van der Waals surface area contributed by atoms with Crippen LogP contribution in [0.15, 0.2) is 22.7 Å². The summed E-state index contributed by atoms with van der Waals surface area (Å²) in [5, 5.41) is 0. The van der Waals surface area contributed by atoms with Gasteiger partial charge in [0, 0.05) is 4.47 Å². The van der Waals surface area contributed by atoms with Crippen molar-refractivity contribution in [3.63, 3.8) is 0 Å². The van der Waals surface area contributed by atoms with Crippen LogP contribution in [0, 0.1) is 0 Å². The van der Waals surface area contributed by atoms with Gasteiger partial charge >= 0.3 is 0 Å². The highest BCUT2D eigenvalue weighted by molar-refractivity contribution is 9.10.